The normalized spacial score (nSPS) is 46.6. The molecule has 2 nitrogen and oxygen atoms in total. The van der Waals surface area contributed by atoms with E-state index in [0.29, 0.717) is 5.54 Å². The third kappa shape index (κ3) is 1.76. The molecular weight excluding hydrogens is 196 g/mol. The highest BCUT2D eigenvalue weighted by molar-refractivity contribution is 5.06. The van der Waals surface area contributed by atoms with E-state index in [9.17, 15) is 0 Å². The summed E-state index contributed by atoms with van der Waals surface area (Å²) in [4.78, 5) is 0. The molecule has 4 rings (SSSR count). The van der Waals surface area contributed by atoms with E-state index >= 15 is 0 Å². The van der Waals surface area contributed by atoms with Crippen LogP contribution in [-0.2, 0) is 0 Å². The van der Waals surface area contributed by atoms with E-state index in [1.54, 1.807) is 0 Å². The van der Waals surface area contributed by atoms with Gasteiger partial charge in [0.1, 0.15) is 0 Å². The van der Waals surface area contributed by atoms with Crippen molar-refractivity contribution in [2.24, 2.45) is 23.7 Å². The van der Waals surface area contributed by atoms with Gasteiger partial charge in [0.05, 0.1) is 12.0 Å². The Kier molecular flexibility index (Phi) is 2.47. The maximum absolute atomic E-state index is 8.86. The largest absolute Gasteiger partial charge is 0.310 e. The van der Waals surface area contributed by atoms with Crippen LogP contribution in [0, 0.1) is 35.0 Å². The van der Waals surface area contributed by atoms with Crippen molar-refractivity contribution < 1.29 is 0 Å². The molecule has 4 bridgehead atoms. The molecule has 1 N–H and O–H groups in total. The first kappa shape index (κ1) is 10.6. The molecule has 0 spiro atoms. The van der Waals surface area contributed by atoms with Crippen molar-refractivity contribution in [3.05, 3.63) is 0 Å². The van der Waals surface area contributed by atoms with Crippen molar-refractivity contribution in [3.63, 3.8) is 0 Å². The maximum Gasteiger partial charge on any atom is 0.0666 e. The van der Waals surface area contributed by atoms with E-state index in [0.717, 1.165) is 24.3 Å². The van der Waals surface area contributed by atoms with Crippen LogP contribution in [0.3, 0.4) is 0 Å². The standard InChI is InChI=1S/C14H22N2/c1-10(8-15)9-16-14-5-11-2-12(6-14)4-13(3-11)7-14/h10-13,16H,2-7,9H2,1H3. The summed E-state index contributed by atoms with van der Waals surface area (Å²) in [6, 6.07) is 2.33. The zero-order valence-electron chi connectivity index (χ0n) is 10.2. The molecule has 2 heteroatoms. The smallest absolute Gasteiger partial charge is 0.0666 e. The summed E-state index contributed by atoms with van der Waals surface area (Å²) in [5.41, 5.74) is 0.430. The minimum absolute atomic E-state index is 0.160. The number of nitriles is 1. The number of nitrogens with one attached hydrogen (secondary N) is 1. The highest BCUT2D eigenvalue weighted by Crippen LogP contribution is 2.55. The van der Waals surface area contributed by atoms with Crippen LogP contribution in [0.15, 0.2) is 0 Å². The molecule has 4 aliphatic carbocycles. The molecule has 16 heavy (non-hydrogen) atoms. The van der Waals surface area contributed by atoms with E-state index in [2.05, 4.69) is 11.4 Å². The molecule has 0 aromatic rings. The maximum atomic E-state index is 8.86. The number of hydrogen-bond donors (Lipinski definition) is 1. The van der Waals surface area contributed by atoms with Gasteiger partial charge in [0.2, 0.25) is 0 Å². The Morgan fingerprint density at radius 3 is 2.12 bits per heavy atom. The van der Waals surface area contributed by atoms with Crippen LogP contribution in [0.1, 0.15) is 45.4 Å². The van der Waals surface area contributed by atoms with Gasteiger partial charge < -0.3 is 5.32 Å². The summed E-state index contributed by atoms with van der Waals surface area (Å²) in [5.74, 6) is 3.15. The van der Waals surface area contributed by atoms with Gasteiger partial charge in [-0.15, -0.1) is 0 Å². The topological polar surface area (TPSA) is 35.8 Å². The lowest BCUT2D eigenvalue weighted by atomic mass is 9.53. The van der Waals surface area contributed by atoms with E-state index < -0.39 is 0 Å². The lowest BCUT2D eigenvalue weighted by molar-refractivity contribution is -0.0202. The summed E-state index contributed by atoms with van der Waals surface area (Å²) >= 11 is 0. The number of nitrogens with zero attached hydrogens (tertiary/aromatic N) is 1. The fourth-order valence-electron chi connectivity index (χ4n) is 4.74. The molecule has 4 fully saturated rings. The minimum atomic E-state index is 0.160. The molecule has 4 aliphatic rings. The first-order chi connectivity index (χ1) is 7.69. The average molecular weight is 218 g/mol. The van der Waals surface area contributed by atoms with E-state index in [1.807, 2.05) is 6.92 Å². The third-order valence-corrected chi connectivity index (χ3v) is 5.04. The Morgan fingerprint density at radius 2 is 1.69 bits per heavy atom. The summed E-state index contributed by atoms with van der Waals surface area (Å²) < 4.78 is 0. The van der Waals surface area contributed by atoms with Crippen LogP contribution in [-0.4, -0.2) is 12.1 Å². The number of hydrogen-bond acceptors (Lipinski definition) is 2. The Morgan fingerprint density at radius 1 is 1.19 bits per heavy atom. The third-order valence-electron chi connectivity index (χ3n) is 5.04. The molecule has 0 heterocycles. The van der Waals surface area contributed by atoms with Crippen molar-refractivity contribution in [3.8, 4) is 6.07 Å². The lowest BCUT2D eigenvalue weighted by Gasteiger charge is -2.57. The second kappa shape index (κ2) is 3.74. The fourth-order valence-corrected chi connectivity index (χ4v) is 4.74. The molecule has 0 aromatic carbocycles. The van der Waals surface area contributed by atoms with Crippen LogP contribution in [0.25, 0.3) is 0 Å². The van der Waals surface area contributed by atoms with E-state index in [4.69, 9.17) is 5.26 Å². The quantitative estimate of drug-likeness (QED) is 0.790. The van der Waals surface area contributed by atoms with Crippen molar-refractivity contribution in [2.45, 2.75) is 51.0 Å². The van der Waals surface area contributed by atoms with Crippen LogP contribution in [0.2, 0.25) is 0 Å². The summed E-state index contributed by atoms with van der Waals surface area (Å²) in [6.07, 6.45) is 8.64. The molecule has 0 saturated heterocycles. The van der Waals surface area contributed by atoms with Crippen LogP contribution >= 0.6 is 0 Å². The second-order valence-electron chi connectivity index (χ2n) is 6.61. The predicted octanol–water partition coefficient (Wildman–Crippen LogP) is 2.70. The molecule has 88 valence electrons. The van der Waals surface area contributed by atoms with Crippen LogP contribution in [0.5, 0.6) is 0 Å². The first-order valence-corrected chi connectivity index (χ1v) is 6.84. The zero-order chi connectivity index (χ0) is 11.2. The molecule has 0 amide bonds. The zero-order valence-corrected chi connectivity index (χ0v) is 10.2. The molecule has 1 atom stereocenters. The lowest BCUT2D eigenvalue weighted by Crippen LogP contribution is -2.59. The minimum Gasteiger partial charge on any atom is -0.310 e. The Balaban J connectivity index is 1.67. The number of rotatable bonds is 3. The van der Waals surface area contributed by atoms with Gasteiger partial charge >= 0.3 is 0 Å². The van der Waals surface area contributed by atoms with Crippen LogP contribution in [0.4, 0.5) is 0 Å². The average Bonchev–Trinajstić information content (AvgIpc) is 2.24. The Bertz CT molecular complexity index is 280. The Labute approximate surface area is 98.4 Å². The highest BCUT2D eigenvalue weighted by Gasteiger charge is 2.50. The molecule has 0 aliphatic heterocycles. The van der Waals surface area contributed by atoms with Gasteiger partial charge in [-0.1, -0.05) is 0 Å². The van der Waals surface area contributed by atoms with Gasteiger partial charge in [0.15, 0.2) is 0 Å². The van der Waals surface area contributed by atoms with Crippen molar-refractivity contribution in [1.82, 2.24) is 5.32 Å². The van der Waals surface area contributed by atoms with Gasteiger partial charge in [0, 0.05) is 12.1 Å². The van der Waals surface area contributed by atoms with Gasteiger partial charge in [0.25, 0.3) is 0 Å². The summed E-state index contributed by atoms with van der Waals surface area (Å²) in [6.45, 7) is 2.91. The SMILES string of the molecule is CC(C#N)CNC12CC3CC(CC(C3)C1)C2. The first-order valence-electron chi connectivity index (χ1n) is 6.84. The molecule has 4 saturated carbocycles. The van der Waals surface area contributed by atoms with Crippen molar-refractivity contribution in [1.29, 1.82) is 5.26 Å². The van der Waals surface area contributed by atoms with Crippen molar-refractivity contribution in [2.75, 3.05) is 6.54 Å². The predicted molar refractivity (Wildman–Crippen MR) is 63.7 cm³/mol. The van der Waals surface area contributed by atoms with E-state index in [1.165, 1.54) is 38.5 Å². The summed E-state index contributed by atoms with van der Waals surface area (Å²) in [5, 5.41) is 12.6. The molecule has 0 aromatic heterocycles. The monoisotopic (exact) mass is 218 g/mol. The van der Waals surface area contributed by atoms with Gasteiger partial charge in [-0.25, -0.2) is 0 Å². The fraction of sp³-hybridized carbons (Fsp3) is 0.929. The van der Waals surface area contributed by atoms with Gasteiger partial charge in [-0.3, -0.25) is 0 Å². The summed E-state index contributed by atoms with van der Waals surface area (Å²) in [7, 11) is 0. The molecule has 0 radical (unpaired) electrons. The molecule has 1 unspecified atom stereocenters. The Hall–Kier alpha value is -0.550. The molecular formula is C14H22N2. The van der Waals surface area contributed by atoms with Crippen LogP contribution < -0.4 is 5.32 Å². The second-order valence-corrected chi connectivity index (χ2v) is 6.61. The van der Waals surface area contributed by atoms with Gasteiger partial charge in [-0.2, -0.15) is 5.26 Å². The van der Waals surface area contributed by atoms with E-state index in [-0.39, 0.29) is 5.92 Å². The highest BCUT2D eigenvalue weighted by atomic mass is 15.0. The van der Waals surface area contributed by atoms with Crippen molar-refractivity contribution >= 4 is 0 Å². The van der Waals surface area contributed by atoms with Gasteiger partial charge in [-0.05, 0) is 63.2 Å².